The molecule has 0 amide bonds. The topological polar surface area (TPSA) is 13.0 Å². The van der Waals surface area contributed by atoms with Gasteiger partial charge in [-0.15, -0.1) is 11.3 Å². The third-order valence-corrected chi connectivity index (χ3v) is 18.0. The zero-order valence-electron chi connectivity index (χ0n) is 41.8. The number of rotatable bonds is 6. The second-order valence-corrected chi connectivity index (χ2v) is 21.7. The summed E-state index contributed by atoms with van der Waals surface area (Å²) in [6.07, 6.45) is 0. The van der Waals surface area contributed by atoms with E-state index in [2.05, 4.69) is 287 Å². The van der Waals surface area contributed by atoms with Crippen molar-refractivity contribution in [1.29, 1.82) is 0 Å². The van der Waals surface area contributed by atoms with Gasteiger partial charge in [-0.25, -0.2) is 0 Å². The van der Waals surface area contributed by atoms with Crippen LogP contribution in [0.5, 0.6) is 0 Å². The molecule has 0 unspecified atom stereocenters. The van der Waals surface area contributed by atoms with E-state index in [9.17, 15) is 0 Å². The summed E-state index contributed by atoms with van der Waals surface area (Å²) in [5.41, 5.74) is 29.7. The van der Waals surface area contributed by atoms with E-state index in [1.54, 1.807) is 0 Å². The van der Waals surface area contributed by atoms with Crippen LogP contribution in [0.2, 0.25) is 0 Å². The zero-order chi connectivity index (χ0) is 50.3. The molecule has 4 nitrogen and oxygen atoms in total. The number of para-hydroxylation sites is 2. The van der Waals surface area contributed by atoms with Crippen LogP contribution in [0.3, 0.4) is 0 Å². The van der Waals surface area contributed by atoms with Crippen LogP contribution >= 0.6 is 11.3 Å². The van der Waals surface area contributed by atoms with Gasteiger partial charge in [0.15, 0.2) is 0 Å². The lowest BCUT2D eigenvalue weighted by atomic mass is 9.31. The fraction of sp³-hybridized carbons (Fsp3) is 0. The van der Waals surface area contributed by atoms with Gasteiger partial charge >= 0.3 is 0 Å². The van der Waals surface area contributed by atoms with Crippen molar-refractivity contribution in [3.05, 3.63) is 267 Å². The van der Waals surface area contributed by atoms with Gasteiger partial charge in [0.2, 0.25) is 0 Å². The van der Waals surface area contributed by atoms with Crippen molar-refractivity contribution in [2.24, 2.45) is 0 Å². The number of fused-ring (bicyclic) bond motifs is 11. The van der Waals surface area contributed by atoms with E-state index in [0.29, 0.717) is 0 Å². The largest absolute Gasteiger partial charge is 0.311 e. The van der Waals surface area contributed by atoms with Gasteiger partial charge in [-0.1, -0.05) is 206 Å². The molecule has 17 rings (SSSR count). The average Bonchev–Trinajstić information content (AvgIpc) is 4.13. The number of hydrogen-bond acceptors (Lipinski definition) is 5. The lowest BCUT2D eigenvalue weighted by molar-refractivity contribution is 1.18. The Labute approximate surface area is 452 Å². The highest BCUT2D eigenvalue weighted by Crippen LogP contribution is 2.64. The number of thiophene rings is 1. The number of nitrogens with zero attached hydrogens (tertiary/aromatic N) is 4. The normalized spacial score (nSPS) is 13.6. The molecule has 0 N–H and O–H groups in total. The first kappa shape index (κ1) is 42.8. The van der Waals surface area contributed by atoms with Crippen molar-refractivity contribution >= 4 is 126 Å². The highest BCUT2D eigenvalue weighted by Gasteiger charge is 2.53. The molecule has 1 aromatic heterocycles. The predicted octanol–water partition coefficient (Wildman–Crippen LogP) is 14.9. The summed E-state index contributed by atoms with van der Waals surface area (Å²) in [7, 11) is 0. The van der Waals surface area contributed by atoms with Gasteiger partial charge in [0.1, 0.15) is 0 Å². The Bertz CT molecular complexity index is 4080. The Morgan fingerprint density at radius 1 is 0.221 bits per heavy atom. The Balaban J connectivity index is 0.946. The third kappa shape index (κ3) is 6.06. The Kier molecular flexibility index (Phi) is 9.15. The molecule has 0 atom stereocenters. The number of benzene rings is 11. The smallest absolute Gasteiger partial charge is 0.252 e. The van der Waals surface area contributed by atoms with Crippen LogP contribution in [-0.4, -0.2) is 13.4 Å². The maximum atomic E-state index is 2.70. The molecule has 0 bridgehead atoms. The first-order chi connectivity index (χ1) is 38.3. The molecule has 5 aliphatic heterocycles. The molecule has 356 valence electrons. The maximum absolute atomic E-state index is 2.70. The Morgan fingerprint density at radius 3 is 0.922 bits per heavy atom. The van der Waals surface area contributed by atoms with E-state index in [1.165, 1.54) is 133 Å². The fourth-order valence-corrected chi connectivity index (χ4v) is 14.9. The molecule has 12 aromatic rings. The van der Waals surface area contributed by atoms with Crippen LogP contribution in [-0.2, 0) is 0 Å². The van der Waals surface area contributed by atoms with Crippen molar-refractivity contribution in [1.82, 2.24) is 0 Å². The van der Waals surface area contributed by atoms with E-state index in [0.717, 1.165) is 11.4 Å². The fourth-order valence-electron chi connectivity index (χ4n) is 13.6. The highest BCUT2D eigenvalue weighted by molar-refractivity contribution is 7.20. The number of anilines is 12. The summed E-state index contributed by atoms with van der Waals surface area (Å²) in [6, 6.07) is 99.3. The van der Waals surface area contributed by atoms with Crippen LogP contribution in [0.15, 0.2) is 267 Å². The van der Waals surface area contributed by atoms with Gasteiger partial charge in [0.25, 0.3) is 13.4 Å². The van der Waals surface area contributed by atoms with E-state index in [1.807, 2.05) is 11.3 Å². The monoisotopic (exact) mass is 994 g/mol. The van der Waals surface area contributed by atoms with Crippen LogP contribution < -0.4 is 52.4 Å². The molecule has 0 spiro atoms. The predicted molar refractivity (Wildman–Crippen MR) is 328 cm³/mol. The minimum atomic E-state index is -0.0229. The molecule has 0 radical (unpaired) electrons. The maximum Gasteiger partial charge on any atom is 0.252 e. The first-order valence-electron chi connectivity index (χ1n) is 26.7. The summed E-state index contributed by atoms with van der Waals surface area (Å²) < 4.78 is 0. The summed E-state index contributed by atoms with van der Waals surface area (Å²) in [5.74, 6) is 0. The van der Waals surface area contributed by atoms with Crippen LogP contribution in [0.25, 0.3) is 43.1 Å². The molecule has 77 heavy (non-hydrogen) atoms. The zero-order valence-corrected chi connectivity index (χ0v) is 42.6. The molecule has 6 heterocycles. The molecular formula is C70H44B2N4S. The lowest BCUT2D eigenvalue weighted by Crippen LogP contribution is -2.65. The van der Waals surface area contributed by atoms with E-state index in [4.69, 9.17) is 0 Å². The van der Waals surface area contributed by atoms with Gasteiger partial charge in [-0.2, -0.15) is 0 Å². The Hall–Kier alpha value is -9.55. The molecule has 5 aliphatic rings. The van der Waals surface area contributed by atoms with Crippen LogP contribution in [0.1, 0.15) is 0 Å². The van der Waals surface area contributed by atoms with Gasteiger partial charge in [-0.3, -0.25) is 0 Å². The Morgan fingerprint density at radius 2 is 0.532 bits per heavy atom. The second kappa shape index (κ2) is 16.5. The van der Waals surface area contributed by atoms with Gasteiger partial charge in [-0.05, 0) is 127 Å². The van der Waals surface area contributed by atoms with Gasteiger partial charge in [0.05, 0.1) is 32.5 Å². The van der Waals surface area contributed by atoms with Crippen molar-refractivity contribution < 1.29 is 0 Å². The van der Waals surface area contributed by atoms with Crippen LogP contribution in [0.4, 0.5) is 68.2 Å². The third-order valence-electron chi connectivity index (χ3n) is 16.8. The summed E-state index contributed by atoms with van der Waals surface area (Å²) >= 11 is 1.92. The molecule has 0 saturated heterocycles. The van der Waals surface area contributed by atoms with Gasteiger partial charge in [0, 0.05) is 45.5 Å². The summed E-state index contributed by atoms with van der Waals surface area (Å²) in [5, 5.41) is 0. The first-order valence-corrected chi connectivity index (χ1v) is 27.5. The van der Waals surface area contributed by atoms with Gasteiger partial charge < -0.3 is 19.6 Å². The molecular weight excluding hydrogens is 950 g/mol. The van der Waals surface area contributed by atoms with Crippen molar-refractivity contribution in [2.45, 2.75) is 0 Å². The minimum Gasteiger partial charge on any atom is -0.311 e. The number of hydrogen-bond donors (Lipinski definition) is 0. The summed E-state index contributed by atoms with van der Waals surface area (Å²) in [4.78, 5) is 12.9. The van der Waals surface area contributed by atoms with Crippen molar-refractivity contribution in [2.75, 3.05) is 19.6 Å². The quantitative estimate of drug-likeness (QED) is 0.154. The molecule has 0 fully saturated rings. The average molecular weight is 995 g/mol. The molecule has 7 heteroatoms. The van der Waals surface area contributed by atoms with E-state index < -0.39 is 0 Å². The molecule has 0 aliphatic carbocycles. The summed E-state index contributed by atoms with van der Waals surface area (Å²) in [6.45, 7) is -0.0457. The van der Waals surface area contributed by atoms with E-state index in [-0.39, 0.29) is 13.4 Å². The molecule has 0 saturated carbocycles. The second-order valence-electron chi connectivity index (χ2n) is 20.7. The van der Waals surface area contributed by atoms with E-state index >= 15 is 0 Å². The van der Waals surface area contributed by atoms with Crippen LogP contribution in [0, 0.1) is 0 Å². The standard InChI is InChI=1S/C70H44B2N4S/c1-5-19-45(20-6-1)47-35-39-51(40-36-47)73-57-29-15-13-27-53(57)71-55-43-44-56-66-65(55)75(61-33-17-31-59(73)63(61)71)67-68(70(50-25-11-4-12-26-50)77-69(67)49-23-9-3-10-24-49)76(66)62-34-18-32-60-64(62)72(56)54-28-14-16-30-58(54)74(60)52-41-37-48(38-42-52)46-21-7-2-8-22-46/h1-44H. The van der Waals surface area contributed by atoms with Crippen molar-refractivity contribution in [3.8, 4) is 43.1 Å². The minimum absolute atomic E-state index is 0.0229. The molecule has 11 aromatic carbocycles. The lowest BCUT2D eigenvalue weighted by Gasteiger charge is -2.51. The highest BCUT2D eigenvalue weighted by atomic mass is 32.1. The van der Waals surface area contributed by atoms with Crippen molar-refractivity contribution in [3.63, 3.8) is 0 Å². The SMILES string of the molecule is c1ccc(-c2ccc(N3c4ccccc4B4c5ccc6c7c5N(c5cccc3c54)c3c(-c4ccccc4)sc(-c4ccccc4)c3N7c3cccc4c3B6c3ccccc3N4c3ccc(-c4ccccc4)cc3)cc2)cc1.